The smallest absolute Gasteiger partial charge is 0.0331 e. The van der Waals surface area contributed by atoms with Crippen LogP contribution in [0, 0.1) is 6.92 Å². The van der Waals surface area contributed by atoms with Gasteiger partial charge in [-0.25, -0.2) is 0 Å². The molecule has 0 spiro atoms. The molecule has 1 nitrogen and oxygen atoms in total. The molecule has 2 aliphatic carbocycles. The van der Waals surface area contributed by atoms with Gasteiger partial charge in [0.1, 0.15) is 0 Å². The van der Waals surface area contributed by atoms with Gasteiger partial charge in [-0.3, -0.25) is 0 Å². The van der Waals surface area contributed by atoms with Gasteiger partial charge < -0.3 is 5.32 Å². The van der Waals surface area contributed by atoms with Crippen molar-refractivity contribution in [2.24, 2.45) is 0 Å². The topological polar surface area (TPSA) is 12.0 Å². The molecule has 0 bridgehead atoms. The van der Waals surface area contributed by atoms with Crippen LogP contribution in [0.5, 0.6) is 0 Å². The van der Waals surface area contributed by atoms with Crippen LogP contribution in [-0.2, 0) is 6.42 Å². The second-order valence-corrected chi connectivity index (χ2v) is 5.79. The predicted molar refractivity (Wildman–Crippen MR) is 67.6 cm³/mol. The Hall–Kier alpha value is -0.820. The van der Waals surface area contributed by atoms with Crippen molar-refractivity contribution in [1.29, 1.82) is 0 Å². The summed E-state index contributed by atoms with van der Waals surface area (Å²) in [4.78, 5) is 0. The largest absolute Gasteiger partial charge is 0.305 e. The number of aryl methyl sites for hydroxylation is 1. The molecular weight excluding hydrogens is 194 g/mol. The summed E-state index contributed by atoms with van der Waals surface area (Å²) < 4.78 is 0. The van der Waals surface area contributed by atoms with Gasteiger partial charge in [0.25, 0.3) is 0 Å². The molecule has 2 aliphatic rings. The molecule has 1 heteroatoms. The zero-order valence-electron chi connectivity index (χ0n) is 10.3. The summed E-state index contributed by atoms with van der Waals surface area (Å²) in [6.45, 7) is 4.62. The van der Waals surface area contributed by atoms with Gasteiger partial charge in [0, 0.05) is 11.6 Å². The lowest BCUT2D eigenvalue weighted by Crippen LogP contribution is -2.49. The van der Waals surface area contributed by atoms with E-state index in [0.717, 1.165) is 0 Å². The third-order valence-electron chi connectivity index (χ3n) is 4.48. The highest BCUT2D eigenvalue weighted by atomic mass is 15.0. The zero-order chi connectivity index (χ0) is 11.2. The molecule has 1 saturated carbocycles. The molecule has 1 aromatic carbocycles. The Morgan fingerprint density at radius 1 is 1.31 bits per heavy atom. The molecule has 0 amide bonds. The lowest BCUT2D eigenvalue weighted by atomic mass is 9.78. The van der Waals surface area contributed by atoms with E-state index in [1.165, 1.54) is 37.7 Å². The first-order chi connectivity index (χ1) is 7.68. The summed E-state index contributed by atoms with van der Waals surface area (Å²) in [5.41, 5.74) is 5.06. The molecule has 0 saturated heterocycles. The van der Waals surface area contributed by atoms with Gasteiger partial charge >= 0.3 is 0 Å². The maximum atomic E-state index is 3.88. The summed E-state index contributed by atoms with van der Waals surface area (Å²) in [6, 6.07) is 7.37. The van der Waals surface area contributed by atoms with Crippen LogP contribution < -0.4 is 5.32 Å². The fourth-order valence-electron chi connectivity index (χ4n) is 3.26. The van der Waals surface area contributed by atoms with Crippen LogP contribution in [0.2, 0.25) is 0 Å². The highest BCUT2D eigenvalue weighted by Gasteiger charge is 2.35. The molecule has 1 aromatic rings. The summed E-state index contributed by atoms with van der Waals surface area (Å²) in [5.74, 6) is 0. The molecule has 1 N–H and O–H groups in total. The Kier molecular flexibility index (Phi) is 2.32. The minimum absolute atomic E-state index is 0.427. The molecule has 1 fully saturated rings. The average Bonchev–Trinajstić information content (AvgIpc) is 2.61. The van der Waals surface area contributed by atoms with Gasteiger partial charge in [-0.15, -0.1) is 0 Å². The third kappa shape index (κ3) is 1.58. The second-order valence-electron chi connectivity index (χ2n) is 5.79. The number of hydrogen-bond donors (Lipinski definition) is 1. The quantitative estimate of drug-likeness (QED) is 0.796. The van der Waals surface area contributed by atoms with E-state index in [1.54, 1.807) is 11.1 Å². The predicted octanol–water partition coefficient (Wildman–Crippen LogP) is 3.51. The lowest BCUT2D eigenvalue weighted by molar-refractivity contribution is 0.185. The fourth-order valence-corrected chi connectivity index (χ4v) is 3.26. The maximum Gasteiger partial charge on any atom is 0.0331 e. The van der Waals surface area contributed by atoms with Crippen LogP contribution in [-0.4, -0.2) is 5.54 Å². The number of rotatable bonds is 2. The number of benzene rings is 1. The third-order valence-corrected chi connectivity index (χ3v) is 4.48. The molecule has 0 aliphatic heterocycles. The van der Waals surface area contributed by atoms with Crippen molar-refractivity contribution in [2.45, 2.75) is 57.5 Å². The van der Waals surface area contributed by atoms with Gasteiger partial charge in [-0.2, -0.15) is 0 Å². The molecule has 16 heavy (non-hydrogen) atoms. The van der Waals surface area contributed by atoms with E-state index in [2.05, 4.69) is 37.4 Å². The summed E-state index contributed by atoms with van der Waals surface area (Å²) >= 11 is 0. The van der Waals surface area contributed by atoms with Crippen LogP contribution in [0.1, 0.15) is 55.3 Å². The highest BCUT2D eigenvalue weighted by Crippen LogP contribution is 2.39. The zero-order valence-corrected chi connectivity index (χ0v) is 10.3. The van der Waals surface area contributed by atoms with E-state index in [1.807, 2.05) is 0 Å². The van der Waals surface area contributed by atoms with Crippen molar-refractivity contribution in [3.05, 3.63) is 34.9 Å². The minimum Gasteiger partial charge on any atom is -0.305 e. The Morgan fingerprint density at radius 2 is 2.12 bits per heavy atom. The van der Waals surface area contributed by atoms with Gasteiger partial charge in [-0.1, -0.05) is 18.2 Å². The molecule has 0 aromatic heterocycles. The van der Waals surface area contributed by atoms with E-state index in [4.69, 9.17) is 0 Å². The number of fused-ring (bicyclic) bond motifs is 1. The normalized spacial score (nSPS) is 26.2. The van der Waals surface area contributed by atoms with E-state index >= 15 is 0 Å². The average molecular weight is 215 g/mol. The molecule has 3 rings (SSSR count). The van der Waals surface area contributed by atoms with Gasteiger partial charge in [0.15, 0.2) is 0 Å². The monoisotopic (exact) mass is 215 g/mol. The van der Waals surface area contributed by atoms with Crippen LogP contribution in [0.3, 0.4) is 0 Å². The number of nitrogens with one attached hydrogen (secondary N) is 1. The Morgan fingerprint density at radius 3 is 2.81 bits per heavy atom. The van der Waals surface area contributed by atoms with Crippen LogP contribution in [0.25, 0.3) is 0 Å². The Labute approximate surface area is 98.3 Å². The van der Waals surface area contributed by atoms with E-state index < -0.39 is 0 Å². The first-order valence-corrected chi connectivity index (χ1v) is 6.54. The Balaban J connectivity index is 1.83. The molecule has 86 valence electrons. The van der Waals surface area contributed by atoms with E-state index in [-0.39, 0.29) is 0 Å². The van der Waals surface area contributed by atoms with Crippen molar-refractivity contribution in [2.75, 3.05) is 0 Å². The fraction of sp³-hybridized carbons (Fsp3) is 0.600. The van der Waals surface area contributed by atoms with Gasteiger partial charge in [0.2, 0.25) is 0 Å². The van der Waals surface area contributed by atoms with Crippen molar-refractivity contribution in [3.63, 3.8) is 0 Å². The second kappa shape index (κ2) is 3.59. The SMILES string of the molecule is Cc1cccc2c1CCC2NC1(C)CCC1. The van der Waals surface area contributed by atoms with Crippen LogP contribution in [0.15, 0.2) is 18.2 Å². The first kappa shape index (κ1) is 10.3. The van der Waals surface area contributed by atoms with Crippen LogP contribution >= 0.6 is 0 Å². The molecular formula is C15H21N. The van der Waals surface area contributed by atoms with E-state index in [9.17, 15) is 0 Å². The molecule has 1 atom stereocenters. The minimum atomic E-state index is 0.427. The summed E-state index contributed by atoms with van der Waals surface area (Å²) in [6.07, 6.45) is 6.65. The molecule has 0 radical (unpaired) electrons. The van der Waals surface area contributed by atoms with Crippen LogP contribution in [0.4, 0.5) is 0 Å². The maximum absolute atomic E-state index is 3.88. The van der Waals surface area contributed by atoms with Crippen molar-refractivity contribution in [1.82, 2.24) is 5.32 Å². The van der Waals surface area contributed by atoms with Gasteiger partial charge in [0.05, 0.1) is 0 Å². The van der Waals surface area contributed by atoms with E-state index in [0.29, 0.717) is 11.6 Å². The summed E-state index contributed by atoms with van der Waals surface area (Å²) in [7, 11) is 0. The highest BCUT2D eigenvalue weighted by molar-refractivity contribution is 5.40. The first-order valence-electron chi connectivity index (χ1n) is 6.54. The number of hydrogen-bond acceptors (Lipinski definition) is 1. The molecule has 0 heterocycles. The Bertz CT molecular complexity index is 404. The standard InChI is InChI=1S/C15H21N/c1-11-5-3-6-13-12(11)7-8-14(13)16-15(2)9-4-10-15/h3,5-6,14,16H,4,7-10H2,1-2H3. The van der Waals surface area contributed by atoms with Crippen molar-refractivity contribution < 1.29 is 0 Å². The van der Waals surface area contributed by atoms with Crippen molar-refractivity contribution in [3.8, 4) is 0 Å². The van der Waals surface area contributed by atoms with Crippen molar-refractivity contribution >= 4 is 0 Å². The lowest BCUT2D eigenvalue weighted by Gasteiger charge is -2.42. The summed E-state index contributed by atoms with van der Waals surface area (Å²) in [5, 5.41) is 3.88. The van der Waals surface area contributed by atoms with Gasteiger partial charge in [-0.05, 0) is 62.6 Å². The molecule has 1 unspecified atom stereocenters.